The number of halogens is 1. The molecule has 39 heavy (non-hydrogen) atoms. The quantitative estimate of drug-likeness (QED) is 0.306. The molecule has 2 aliphatic carbocycles. The summed E-state index contributed by atoms with van der Waals surface area (Å²) in [4.78, 5) is 35.3. The highest BCUT2D eigenvalue weighted by Gasteiger charge is 2.25. The molecule has 0 aliphatic heterocycles. The Labute approximate surface area is 225 Å². The summed E-state index contributed by atoms with van der Waals surface area (Å²) in [6, 6.07) is 4.10. The lowest BCUT2D eigenvalue weighted by Crippen LogP contribution is -2.41. The summed E-state index contributed by atoms with van der Waals surface area (Å²) in [5, 5.41) is 16.8. The first-order chi connectivity index (χ1) is 18.9. The molecule has 0 saturated heterocycles. The van der Waals surface area contributed by atoms with Crippen LogP contribution in [0.15, 0.2) is 30.7 Å². The van der Waals surface area contributed by atoms with E-state index in [2.05, 4.69) is 36.3 Å². The number of nitrogens with zero attached hydrogens (tertiary/aromatic N) is 5. The molecule has 0 unspecified atom stereocenters. The Hall–Kier alpha value is -4.00. The summed E-state index contributed by atoms with van der Waals surface area (Å²) in [5.74, 6) is -0.551. The van der Waals surface area contributed by atoms with Crippen molar-refractivity contribution in [1.29, 1.82) is 0 Å². The van der Waals surface area contributed by atoms with Gasteiger partial charge in [0.15, 0.2) is 17.2 Å². The summed E-state index contributed by atoms with van der Waals surface area (Å²) in [6.07, 6.45) is 8.93. The van der Waals surface area contributed by atoms with E-state index in [0.717, 1.165) is 44.7 Å². The monoisotopic (exact) mass is 539 g/mol. The van der Waals surface area contributed by atoms with Crippen molar-refractivity contribution >= 4 is 34.8 Å². The lowest BCUT2D eigenvalue weighted by atomic mass is 9.91. The first kappa shape index (κ1) is 26.6. The maximum atomic E-state index is 14.5. The number of rotatable bonds is 10. The minimum atomic E-state index is -0.620. The number of hydrogen-bond donors (Lipinski definition) is 4. The molecule has 208 valence electrons. The molecular weight excluding hydrogens is 505 g/mol. The van der Waals surface area contributed by atoms with Crippen molar-refractivity contribution in [3.63, 3.8) is 0 Å². The molecule has 2 amide bonds. The SMILES string of the molecule is CN(C)CCOC(=O)NC1CCC(Nc2ccc3ncc(C(=O)Nc4c(F)cncc4NC4CC4)n3n2)CC1. The first-order valence-corrected chi connectivity index (χ1v) is 13.3. The second-order valence-electron chi connectivity index (χ2n) is 10.3. The molecule has 5 rings (SSSR count). The summed E-state index contributed by atoms with van der Waals surface area (Å²) < 4.78 is 21.2. The van der Waals surface area contributed by atoms with Gasteiger partial charge in [0.1, 0.15) is 18.1 Å². The van der Waals surface area contributed by atoms with Crippen LogP contribution in [0.2, 0.25) is 0 Å². The molecule has 0 spiro atoms. The van der Waals surface area contributed by atoms with E-state index in [0.29, 0.717) is 30.3 Å². The van der Waals surface area contributed by atoms with E-state index in [4.69, 9.17) is 4.74 Å². The van der Waals surface area contributed by atoms with Gasteiger partial charge in [-0.05, 0) is 64.8 Å². The average molecular weight is 540 g/mol. The van der Waals surface area contributed by atoms with Crippen molar-refractivity contribution in [2.24, 2.45) is 0 Å². The Bertz CT molecular complexity index is 1320. The maximum absolute atomic E-state index is 14.5. The molecule has 4 N–H and O–H groups in total. The van der Waals surface area contributed by atoms with Crippen molar-refractivity contribution < 1.29 is 18.7 Å². The molecule has 3 aromatic heterocycles. The highest BCUT2D eigenvalue weighted by atomic mass is 19.1. The van der Waals surface area contributed by atoms with E-state index < -0.39 is 11.7 Å². The molecule has 12 nitrogen and oxygen atoms in total. The number of hydrogen-bond acceptors (Lipinski definition) is 9. The highest BCUT2D eigenvalue weighted by molar-refractivity contribution is 6.05. The number of anilines is 3. The molecule has 2 fully saturated rings. The van der Waals surface area contributed by atoms with Gasteiger partial charge in [0.2, 0.25) is 0 Å². The van der Waals surface area contributed by atoms with Gasteiger partial charge in [-0.3, -0.25) is 9.78 Å². The van der Waals surface area contributed by atoms with Gasteiger partial charge >= 0.3 is 6.09 Å². The highest BCUT2D eigenvalue weighted by Crippen LogP contribution is 2.31. The summed E-state index contributed by atoms with van der Waals surface area (Å²) in [7, 11) is 3.86. The minimum Gasteiger partial charge on any atom is -0.448 e. The van der Waals surface area contributed by atoms with Crippen LogP contribution in [-0.2, 0) is 4.74 Å². The number of pyridine rings is 1. The zero-order valence-electron chi connectivity index (χ0n) is 22.1. The third-order valence-corrected chi connectivity index (χ3v) is 6.84. The van der Waals surface area contributed by atoms with Crippen LogP contribution >= 0.6 is 0 Å². The Morgan fingerprint density at radius 2 is 1.74 bits per heavy atom. The second-order valence-corrected chi connectivity index (χ2v) is 10.3. The largest absolute Gasteiger partial charge is 0.448 e. The Balaban J connectivity index is 1.18. The van der Waals surface area contributed by atoms with E-state index in [9.17, 15) is 14.0 Å². The molecule has 0 radical (unpaired) electrons. The van der Waals surface area contributed by atoms with Gasteiger partial charge in [-0.2, -0.15) is 0 Å². The zero-order chi connectivity index (χ0) is 27.4. The van der Waals surface area contributed by atoms with E-state index in [1.54, 1.807) is 6.07 Å². The Morgan fingerprint density at radius 3 is 2.49 bits per heavy atom. The molecule has 0 bridgehead atoms. The van der Waals surface area contributed by atoms with Crippen molar-refractivity contribution in [2.45, 2.75) is 56.7 Å². The number of carbonyl (C=O) groups is 2. The standard InChI is InChI=1S/C26H34FN9O3/c1-35(2)11-12-39-26(38)32-18-7-5-17(6-8-18)31-22-9-10-23-29-15-21(36(23)34-22)25(37)33-24-19(27)13-28-14-20(24)30-16-3-4-16/h9-10,13-18,30H,3-8,11-12H2,1-2H3,(H,31,34)(H,32,38)(H,28,33,37). The fourth-order valence-electron chi connectivity index (χ4n) is 4.52. The number of carbonyl (C=O) groups excluding carboxylic acids is 2. The molecule has 0 aromatic carbocycles. The third kappa shape index (κ3) is 6.91. The van der Waals surface area contributed by atoms with Crippen LogP contribution in [0.3, 0.4) is 0 Å². The molecule has 2 saturated carbocycles. The van der Waals surface area contributed by atoms with E-state index in [1.165, 1.54) is 16.9 Å². The van der Waals surface area contributed by atoms with Gasteiger partial charge in [0, 0.05) is 24.7 Å². The summed E-state index contributed by atoms with van der Waals surface area (Å²) in [6.45, 7) is 1.04. The maximum Gasteiger partial charge on any atom is 0.407 e. The van der Waals surface area contributed by atoms with E-state index in [1.807, 2.05) is 25.1 Å². The number of imidazole rings is 1. The summed E-state index contributed by atoms with van der Waals surface area (Å²) in [5.41, 5.74) is 1.18. The molecule has 3 heterocycles. The number of ether oxygens (including phenoxy) is 1. The number of fused-ring (bicyclic) bond motifs is 1. The van der Waals surface area contributed by atoms with Crippen LogP contribution in [0.25, 0.3) is 5.65 Å². The van der Waals surface area contributed by atoms with Gasteiger partial charge in [-0.25, -0.2) is 18.7 Å². The summed E-state index contributed by atoms with van der Waals surface area (Å²) >= 11 is 0. The lowest BCUT2D eigenvalue weighted by Gasteiger charge is -2.29. The van der Waals surface area contributed by atoms with Crippen molar-refractivity contribution in [1.82, 2.24) is 29.8 Å². The van der Waals surface area contributed by atoms with Crippen LogP contribution in [0.4, 0.5) is 26.4 Å². The molecule has 0 atom stereocenters. The van der Waals surface area contributed by atoms with Gasteiger partial charge in [-0.1, -0.05) is 0 Å². The normalized spacial score (nSPS) is 19.1. The van der Waals surface area contributed by atoms with Gasteiger partial charge in [0.25, 0.3) is 5.91 Å². The van der Waals surface area contributed by atoms with Crippen LogP contribution in [0.5, 0.6) is 0 Å². The predicted molar refractivity (Wildman–Crippen MR) is 144 cm³/mol. The van der Waals surface area contributed by atoms with Crippen LogP contribution in [0, 0.1) is 5.82 Å². The van der Waals surface area contributed by atoms with Crippen molar-refractivity contribution in [3.05, 3.63) is 42.2 Å². The number of amides is 2. The Kier molecular flexibility index (Phi) is 8.05. The molecular formula is C26H34FN9O3. The first-order valence-electron chi connectivity index (χ1n) is 13.3. The minimum absolute atomic E-state index is 0.0538. The molecule has 3 aromatic rings. The third-order valence-electron chi connectivity index (χ3n) is 6.84. The predicted octanol–water partition coefficient (Wildman–Crippen LogP) is 3.10. The molecule has 13 heteroatoms. The zero-order valence-corrected chi connectivity index (χ0v) is 22.1. The van der Waals surface area contributed by atoms with Crippen LogP contribution < -0.4 is 21.3 Å². The smallest absolute Gasteiger partial charge is 0.407 e. The van der Waals surface area contributed by atoms with Gasteiger partial charge in [0.05, 0.1) is 24.3 Å². The fourth-order valence-corrected chi connectivity index (χ4v) is 4.52. The van der Waals surface area contributed by atoms with E-state index in [-0.39, 0.29) is 35.6 Å². The van der Waals surface area contributed by atoms with E-state index >= 15 is 0 Å². The second kappa shape index (κ2) is 11.8. The van der Waals surface area contributed by atoms with Crippen LogP contribution in [-0.4, -0.2) is 81.9 Å². The fraction of sp³-hybridized carbons (Fsp3) is 0.500. The molecule has 2 aliphatic rings. The van der Waals surface area contributed by atoms with Crippen LogP contribution in [0.1, 0.15) is 49.0 Å². The van der Waals surface area contributed by atoms with Crippen molar-refractivity contribution in [2.75, 3.05) is 43.2 Å². The lowest BCUT2D eigenvalue weighted by molar-refractivity contribution is 0.101. The van der Waals surface area contributed by atoms with Crippen molar-refractivity contribution in [3.8, 4) is 0 Å². The average Bonchev–Trinajstić information content (AvgIpc) is 3.62. The number of alkyl carbamates (subject to hydrolysis) is 1. The van der Waals surface area contributed by atoms with Gasteiger partial charge in [-0.15, -0.1) is 5.10 Å². The Morgan fingerprint density at radius 1 is 1.03 bits per heavy atom. The van der Waals surface area contributed by atoms with Gasteiger partial charge < -0.3 is 30.9 Å². The number of likely N-dealkylation sites (N-methyl/N-ethyl adjacent to an activating group) is 1. The number of nitrogens with one attached hydrogen (secondary N) is 4. The number of aromatic nitrogens is 4. The topological polar surface area (TPSA) is 138 Å².